The smallest absolute Gasteiger partial charge is 0.0171 e. The van der Waals surface area contributed by atoms with Gasteiger partial charge in [-0.25, -0.2) is 0 Å². The van der Waals surface area contributed by atoms with Gasteiger partial charge in [0, 0.05) is 74.0 Å². The number of likely N-dealkylation sites (tertiary alicyclic amines) is 3. The van der Waals surface area contributed by atoms with Crippen LogP contribution in [0.2, 0.25) is 0 Å². The van der Waals surface area contributed by atoms with Crippen molar-refractivity contribution in [3.8, 4) is 0 Å². The summed E-state index contributed by atoms with van der Waals surface area (Å²) >= 11 is 0. The molecule has 36 heavy (non-hydrogen) atoms. The second-order valence-corrected chi connectivity index (χ2v) is 15.5. The van der Waals surface area contributed by atoms with Crippen LogP contribution in [0.5, 0.6) is 0 Å². The Kier molecular flexibility index (Phi) is 12.9. The van der Waals surface area contributed by atoms with Crippen molar-refractivity contribution in [2.45, 2.75) is 137 Å². The molecule has 6 heteroatoms. The fraction of sp³-hybridized carbons (Fsp3) is 1.00. The van der Waals surface area contributed by atoms with Crippen LogP contribution in [0.3, 0.4) is 0 Å². The Labute approximate surface area is 226 Å². The van der Waals surface area contributed by atoms with Crippen molar-refractivity contribution in [1.82, 2.24) is 14.7 Å². The van der Waals surface area contributed by atoms with E-state index in [4.69, 9.17) is 17.2 Å². The minimum atomic E-state index is 0.284. The van der Waals surface area contributed by atoms with E-state index in [1.54, 1.807) is 0 Å². The van der Waals surface area contributed by atoms with E-state index in [2.05, 4.69) is 97.8 Å². The Morgan fingerprint density at radius 1 is 0.417 bits per heavy atom. The highest BCUT2D eigenvalue weighted by molar-refractivity contribution is 4.88. The van der Waals surface area contributed by atoms with Gasteiger partial charge in [-0.1, -0.05) is 20.8 Å². The van der Waals surface area contributed by atoms with Gasteiger partial charge in [-0.2, -0.15) is 0 Å². The van der Waals surface area contributed by atoms with Gasteiger partial charge in [-0.3, -0.25) is 14.7 Å². The Bertz CT molecular complexity index is 501. The lowest BCUT2D eigenvalue weighted by atomic mass is 9.92. The standard InChI is InChI=1S/3C10H22N2/c3*1-8-5-9(11)7-12(6-8)10(2,3)4/h3*8-9H,5-7,11H2,1-4H3/t3*8-,9+/m100/s1. The first-order chi connectivity index (χ1) is 16.2. The van der Waals surface area contributed by atoms with Crippen molar-refractivity contribution >= 4 is 0 Å². The lowest BCUT2D eigenvalue weighted by molar-refractivity contribution is 0.0732. The van der Waals surface area contributed by atoms with Crippen molar-refractivity contribution < 1.29 is 0 Å². The highest BCUT2D eigenvalue weighted by Gasteiger charge is 2.31. The predicted molar refractivity (Wildman–Crippen MR) is 159 cm³/mol. The van der Waals surface area contributed by atoms with Gasteiger partial charge in [-0.15, -0.1) is 0 Å². The monoisotopic (exact) mass is 511 g/mol. The summed E-state index contributed by atoms with van der Waals surface area (Å²) in [6.07, 6.45) is 3.56. The van der Waals surface area contributed by atoms with Crippen LogP contribution in [0.1, 0.15) is 102 Å². The van der Waals surface area contributed by atoms with Gasteiger partial charge in [0.2, 0.25) is 0 Å². The molecule has 0 saturated carbocycles. The molecule has 216 valence electrons. The van der Waals surface area contributed by atoms with Crippen LogP contribution in [0, 0.1) is 17.8 Å². The van der Waals surface area contributed by atoms with Gasteiger partial charge in [0.25, 0.3) is 0 Å². The van der Waals surface area contributed by atoms with Crippen molar-refractivity contribution in [3.63, 3.8) is 0 Å². The minimum absolute atomic E-state index is 0.284. The maximum Gasteiger partial charge on any atom is 0.0171 e. The first-order valence-corrected chi connectivity index (χ1v) is 14.7. The molecule has 0 bridgehead atoms. The maximum atomic E-state index is 5.97. The van der Waals surface area contributed by atoms with Crippen LogP contribution < -0.4 is 17.2 Å². The Hall–Kier alpha value is -0.240. The molecular formula is C30H66N6. The zero-order chi connectivity index (χ0) is 28.1. The number of rotatable bonds is 0. The normalized spacial score (nSPS) is 33.8. The number of nitrogens with zero attached hydrogens (tertiary/aromatic N) is 3. The fourth-order valence-corrected chi connectivity index (χ4v) is 5.84. The van der Waals surface area contributed by atoms with Crippen molar-refractivity contribution in [2.75, 3.05) is 39.3 Å². The van der Waals surface area contributed by atoms with Crippen LogP contribution in [0.4, 0.5) is 0 Å². The first-order valence-electron chi connectivity index (χ1n) is 14.7. The zero-order valence-electron chi connectivity index (χ0n) is 26.4. The average Bonchev–Trinajstić information content (AvgIpc) is 2.65. The molecule has 0 aromatic rings. The van der Waals surface area contributed by atoms with Crippen LogP contribution >= 0.6 is 0 Å². The molecule has 0 aromatic heterocycles. The molecular weight excluding hydrogens is 444 g/mol. The predicted octanol–water partition coefficient (Wildman–Crippen LogP) is 4.36. The summed E-state index contributed by atoms with van der Waals surface area (Å²) in [5.74, 6) is 2.27. The lowest BCUT2D eigenvalue weighted by Crippen LogP contribution is -2.53. The van der Waals surface area contributed by atoms with E-state index in [9.17, 15) is 0 Å². The summed E-state index contributed by atoms with van der Waals surface area (Å²) in [7, 11) is 0. The molecule has 0 spiro atoms. The van der Waals surface area contributed by atoms with Crippen LogP contribution in [-0.2, 0) is 0 Å². The van der Waals surface area contributed by atoms with Crippen LogP contribution in [-0.4, -0.2) is 88.7 Å². The Balaban J connectivity index is 0.000000270. The molecule has 0 radical (unpaired) electrons. The lowest BCUT2D eigenvalue weighted by Gasteiger charge is -2.43. The Morgan fingerprint density at radius 2 is 0.611 bits per heavy atom. The number of nitrogens with two attached hydrogens (primary N) is 3. The van der Waals surface area contributed by atoms with E-state index in [-0.39, 0.29) is 16.6 Å². The van der Waals surface area contributed by atoms with Crippen molar-refractivity contribution in [3.05, 3.63) is 0 Å². The summed E-state index contributed by atoms with van der Waals surface area (Å²) in [4.78, 5) is 7.48. The molecule has 3 fully saturated rings. The van der Waals surface area contributed by atoms with E-state index >= 15 is 0 Å². The summed E-state index contributed by atoms with van der Waals surface area (Å²) in [6, 6.07) is 1.15. The van der Waals surface area contributed by atoms with Crippen molar-refractivity contribution in [2.24, 2.45) is 35.0 Å². The fourth-order valence-electron chi connectivity index (χ4n) is 5.84. The maximum absolute atomic E-state index is 5.97. The summed E-state index contributed by atoms with van der Waals surface area (Å²) < 4.78 is 0. The van der Waals surface area contributed by atoms with Crippen molar-refractivity contribution in [1.29, 1.82) is 0 Å². The molecule has 6 atom stereocenters. The quantitative estimate of drug-likeness (QED) is 0.449. The van der Waals surface area contributed by atoms with Gasteiger partial charge >= 0.3 is 0 Å². The third kappa shape index (κ3) is 12.5. The molecule has 6 N–H and O–H groups in total. The molecule has 0 aliphatic carbocycles. The van der Waals surface area contributed by atoms with E-state index in [0.717, 1.165) is 37.4 Å². The number of hydrogen-bond acceptors (Lipinski definition) is 6. The average molecular weight is 511 g/mol. The highest BCUT2D eigenvalue weighted by Crippen LogP contribution is 2.24. The minimum Gasteiger partial charge on any atom is -0.327 e. The molecule has 6 nitrogen and oxygen atoms in total. The number of piperidine rings is 3. The molecule has 3 aliphatic heterocycles. The summed E-state index contributed by atoms with van der Waals surface area (Å²) in [5, 5.41) is 0. The molecule has 0 aromatic carbocycles. The van der Waals surface area contributed by atoms with E-state index in [1.807, 2.05) is 0 Å². The highest BCUT2D eigenvalue weighted by atomic mass is 15.2. The van der Waals surface area contributed by atoms with E-state index in [0.29, 0.717) is 18.1 Å². The van der Waals surface area contributed by atoms with Gasteiger partial charge in [0.05, 0.1) is 0 Å². The SMILES string of the molecule is C[C@@H]1C[C@H](N)CN(C(C)(C)C)C1.C[C@H]1C[C@@H](N)CN(C(C)(C)C)C1.C[C@H]1C[C@@H](N)CN(C(C)(C)C)C1. The van der Waals surface area contributed by atoms with Crippen LogP contribution in [0.15, 0.2) is 0 Å². The second-order valence-electron chi connectivity index (χ2n) is 15.5. The number of hydrogen-bond donors (Lipinski definition) is 3. The van der Waals surface area contributed by atoms with E-state index < -0.39 is 0 Å². The third-order valence-corrected chi connectivity index (χ3v) is 7.92. The van der Waals surface area contributed by atoms with Gasteiger partial charge in [0.15, 0.2) is 0 Å². The largest absolute Gasteiger partial charge is 0.327 e. The first kappa shape index (κ1) is 33.8. The van der Waals surface area contributed by atoms with E-state index in [1.165, 1.54) is 38.9 Å². The van der Waals surface area contributed by atoms with Crippen LogP contribution in [0.25, 0.3) is 0 Å². The van der Waals surface area contributed by atoms with Gasteiger partial charge in [0.1, 0.15) is 0 Å². The van der Waals surface area contributed by atoms with Gasteiger partial charge in [-0.05, 0) is 99.3 Å². The second kappa shape index (κ2) is 13.7. The molecule has 0 amide bonds. The summed E-state index contributed by atoms with van der Waals surface area (Å²) in [6.45, 7) is 34.0. The molecule has 0 unspecified atom stereocenters. The molecule has 3 heterocycles. The Morgan fingerprint density at radius 3 is 0.750 bits per heavy atom. The third-order valence-electron chi connectivity index (χ3n) is 7.92. The topological polar surface area (TPSA) is 87.8 Å². The summed E-state index contributed by atoms with van der Waals surface area (Å²) in [5.41, 5.74) is 18.8. The van der Waals surface area contributed by atoms with Gasteiger partial charge < -0.3 is 17.2 Å². The zero-order valence-corrected chi connectivity index (χ0v) is 26.4. The molecule has 3 aliphatic rings. The molecule has 3 rings (SSSR count). The molecule has 3 saturated heterocycles.